The van der Waals surface area contributed by atoms with Gasteiger partial charge in [-0.25, -0.2) is 0 Å². The molecule has 1 rings (SSSR count). The second-order valence-corrected chi connectivity index (χ2v) is 4.30. The lowest BCUT2D eigenvalue weighted by atomic mass is 10.2. The van der Waals surface area contributed by atoms with Gasteiger partial charge in [-0.1, -0.05) is 0 Å². The molecule has 7 heteroatoms. The van der Waals surface area contributed by atoms with Crippen molar-refractivity contribution in [2.45, 2.75) is 19.9 Å². The molecule has 1 aromatic rings. The molecule has 0 heterocycles. The van der Waals surface area contributed by atoms with Gasteiger partial charge in [0.1, 0.15) is 12.2 Å². The van der Waals surface area contributed by atoms with Gasteiger partial charge in [-0.3, -0.25) is 14.9 Å². The zero-order chi connectivity index (χ0) is 14.6. The summed E-state index contributed by atoms with van der Waals surface area (Å²) >= 11 is 0. The van der Waals surface area contributed by atoms with Crippen molar-refractivity contribution in [3.8, 4) is 0 Å². The summed E-state index contributed by atoms with van der Waals surface area (Å²) in [6.45, 7) is 3.87. The van der Waals surface area contributed by atoms with E-state index in [-0.39, 0.29) is 29.9 Å². The zero-order valence-electron chi connectivity index (χ0n) is 11.1. The molecule has 0 aromatic heterocycles. The standard InChI is InChI=1S/C12H17N3O4/c1-8(2)14(7-12(16)19-3)9-4-5-11(15(17)18)10(13)6-9/h4-6,8H,7,13H2,1-3H3. The van der Waals surface area contributed by atoms with Crippen molar-refractivity contribution in [3.63, 3.8) is 0 Å². The lowest BCUT2D eigenvalue weighted by Crippen LogP contribution is -2.36. The second kappa shape index (κ2) is 6.03. The van der Waals surface area contributed by atoms with Crippen LogP contribution in [-0.2, 0) is 9.53 Å². The number of nitro benzene ring substituents is 1. The molecule has 0 aliphatic heterocycles. The van der Waals surface area contributed by atoms with Crippen LogP contribution in [0.3, 0.4) is 0 Å². The van der Waals surface area contributed by atoms with E-state index in [0.29, 0.717) is 5.69 Å². The third kappa shape index (κ3) is 3.57. The number of benzene rings is 1. The Bertz CT molecular complexity index is 488. The van der Waals surface area contributed by atoms with Crippen molar-refractivity contribution in [1.82, 2.24) is 0 Å². The molecule has 0 atom stereocenters. The van der Waals surface area contributed by atoms with Crippen molar-refractivity contribution in [2.75, 3.05) is 24.3 Å². The van der Waals surface area contributed by atoms with Crippen molar-refractivity contribution in [3.05, 3.63) is 28.3 Å². The van der Waals surface area contributed by atoms with Crippen molar-refractivity contribution in [1.29, 1.82) is 0 Å². The van der Waals surface area contributed by atoms with Crippen LogP contribution in [0, 0.1) is 10.1 Å². The quantitative estimate of drug-likeness (QED) is 0.376. The van der Waals surface area contributed by atoms with Crippen molar-refractivity contribution >= 4 is 23.0 Å². The number of nitro groups is 1. The number of carbonyl (C=O) groups is 1. The molecule has 2 N–H and O–H groups in total. The minimum Gasteiger partial charge on any atom is -0.468 e. The maximum absolute atomic E-state index is 11.4. The van der Waals surface area contributed by atoms with Gasteiger partial charge in [0.2, 0.25) is 0 Å². The predicted molar refractivity (Wildman–Crippen MR) is 72.0 cm³/mol. The van der Waals surface area contributed by atoms with Gasteiger partial charge < -0.3 is 15.4 Å². The van der Waals surface area contributed by atoms with E-state index in [1.807, 2.05) is 13.8 Å². The SMILES string of the molecule is COC(=O)CN(c1ccc([N+](=O)[O-])c(N)c1)C(C)C. The number of ether oxygens (including phenoxy) is 1. The molecule has 0 fully saturated rings. The van der Waals surface area contributed by atoms with Crippen LogP contribution in [0.25, 0.3) is 0 Å². The van der Waals surface area contributed by atoms with Crippen LogP contribution < -0.4 is 10.6 Å². The Hall–Kier alpha value is -2.31. The first-order chi connectivity index (χ1) is 8.86. The number of carbonyl (C=O) groups excluding carboxylic acids is 1. The van der Waals surface area contributed by atoms with E-state index in [9.17, 15) is 14.9 Å². The number of nitrogen functional groups attached to an aromatic ring is 1. The normalized spacial score (nSPS) is 10.3. The maximum Gasteiger partial charge on any atom is 0.325 e. The third-order valence-corrected chi connectivity index (χ3v) is 2.69. The van der Waals surface area contributed by atoms with Gasteiger partial charge in [-0.05, 0) is 26.0 Å². The molecular formula is C12H17N3O4. The van der Waals surface area contributed by atoms with Crippen molar-refractivity contribution in [2.24, 2.45) is 0 Å². The Labute approximate surface area is 111 Å². The van der Waals surface area contributed by atoms with E-state index in [1.54, 1.807) is 11.0 Å². The number of hydrogen-bond donors (Lipinski definition) is 1. The molecule has 0 aliphatic carbocycles. The second-order valence-electron chi connectivity index (χ2n) is 4.30. The fourth-order valence-electron chi connectivity index (χ4n) is 1.66. The van der Waals surface area contributed by atoms with Gasteiger partial charge in [0, 0.05) is 17.8 Å². The molecule has 0 bridgehead atoms. The molecule has 0 unspecified atom stereocenters. The highest BCUT2D eigenvalue weighted by Crippen LogP contribution is 2.27. The number of nitrogens with zero attached hydrogens (tertiary/aromatic N) is 2. The Morgan fingerprint density at radius 1 is 1.53 bits per heavy atom. The first kappa shape index (κ1) is 14.7. The summed E-state index contributed by atoms with van der Waals surface area (Å²) in [6, 6.07) is 4.41. The molecular weight excluding hydrogens is 250 g/mol. The summed E-state index contributed by atoms with van der Waals surface area (Å²) in [5.41, 5.74) is 6.20. The number of hydrogen-bond acceptors (Lipinski definition) is 6. The molecule has 7 nitrogen and oxygen atoms in total. The minimum atomic E-state index is -0.543. The van der Waals surface area contributed by atoms with E-state index in [4.69, 9.17) is 5.73 Å². The summed E-state index contributed by atoms with van der Waals surface area (Å²) < 4.78 is 4.62. The lowest BCUT2D eigenvalue weighted by molar-refractivity contribution is -0.383. The maximum atomic E-state index is 11.4. The molecule has 104 valence electrons. The molecule has 0 aliphatic rings. The van der Waals surface area contributed by atoms with Crippen LogP contribution in [0.2, 0.25) is 0 Å². The summed E-state index contributed by atoms with van der Waals surface area (Å²) in [5.74, 6) is -0.384. The topological polar surface area (TPSA) is 98.7 Å². The molecule has 0 amide bonds. The number of nitrogens with two attached hydrogens (primary N) is 1. The first-order valence-corrected chi connectivity index (χ1v) is 5.74. The van der Waals surface area contributed by atoms with Crippen LogP contribution >= 0.6 is 0 Å². The van der Waals surface area contributed by atoms with Gasteiger partial charge in [0.15, 0.2) is 0 Å². The fourth-order valence-corrected chi connectivity index (χ4v) is 1.66. The first-order valence-electron chi connectivity index (χ1n) is 5.74. The largest absolute Gasteiger partial charge is 0.468 e. The summed E-state index contributed by atoms with van der Waals surface area (Å²) in [6.07, 6.45) is 0. The van der Waals surface area contributed by atoms with E-state index in [2.05, 4.69) is 4.74 Å². The van der Waals surface area contributed by atoms with Crippen LogP contribution in [0.15, 0.2) is 18.2 Å². The summed E-state index contributed by atoms with van der Waals surface area (Å²) in [5, 5.41) is 10.7. The smallest absolute Gasteiger partial charge is 0.325 e. The Balaban J connectivity index is 3.07. The highest BCUT2D eigenvalue weighted by molar-refractivity contribution is 5.77. The summed E-state index contributed by atoms with van der Waals surface area (Å²) in [4.78, 5) is 23.3. The van der Waals surface area contributed by atoms with Gasteiger partial charge in [-0.2, -0.15) is 0 Å². The molecule has 0 saturated carbocycles. The van der Waals surface area contributed by atoms with Gasteiger partial charge in [0.25, 0.3) is 5.69 Å². The number of methoxy groups -OCH3 is 1. The Kier molecular flexibility index (Phi) is 4.68. The van der Waals surface area contributed by atoms with E-state index >= 15 is 0 Å². The van der Waals surface area contributed by atoms with Gasteiger partial charge >= 0.3 is 5.97 Å². The highest BCUT2D eigenvalue weighted by Gasteiger charge is 2.18. The van der Waals surface area contributed by atoms with Crippen LogP contribution in [0.1, 0.15) is 13.8 Å². The zero-order valence-corrected chi connectivity index (χ0v) is 11.1. The van der Waals surface area contributed by atoms with E-state index in [0.717, 1.165) is 0 Å². The van der Waals surface area contributed by atoms with E-state index in [1.165, 1.54) is 19.2 Å². The fraction of sp³-hybridized carbons (Fsp3) is 0.417. The van der Waals surface area contributed by atoms with Crippen LogP contribution in [0.5, 0.6) is 0 Å². The Morgan fingerprint density at radius 3 is 2.58 bits per heavy atom. The molecule has 19 heavy (non-hydrogen) atoms. The lowest BCUT2D eigenvalue weighted by Gasteiger charge is -2.27. The minimum absolute atomic E-state index is 0.0277. The molecule has 0 spiro atoms. The Morgan fingerprint density at radius 2 is 2.16 bits per heavy atom. The van der Waals surface area contributed by atoms with Crippen LogP contribution in [-0.4, -0.2) is 30.6 Å². The van der Waals surface area contributed by atoms with Crippen LogP contribution in [0.4, 0.5) is 17.1 Å². The van der Waals surface area contributed by atoms with Gasteiger partial charge in [-0.15, -0.1) is 0 Å². The summed E-state index contributed by atoms with van der Waals surface area (Å²) in [7, 11) is 1.31. The number of esters is 1. The van der Waals surface area contributed by atoms with E-state index < -0.39 is 4.92 Å². The molecule has 0 radical (unpaired) electrons. The molecule has 0 saturated heterocycles. The third-order valence-electron chi connectivity index (χ3n) is 2.69. The molecule has 1 aromatic carbocycles. The highest BCUT2D eigenvalue weighted by atomic mass is 16.6. The predicted octanol–water partition coefficient (Wildman–Crippen LogP) is 1.56. The average Bonchev–Trinajstić information content (AvgIpc) is 2.34. The number of anilines is 2. The monoisotopic (exact) mass is 267 g/mol. The number of rotatable bonds is 5. The van der Waals surface area contributed by atoms with Crippen molar-refractivity contribution < 1.29 is 14.5 Å². The van der Waals surface area contributed by atoms with Gasteiger partial charge in [0.05, 0.1) is 12.0 Å². The average molecular weight is 267 g/mol.